The van der Waals surface area contributed by atoms with Crippen molar-refractivity contribution in [3.05, 3.63) is 64.8 Å². The first kappa shape index (κ1) is 17.8. The van der Waals surface area contributed by atoms with Gasteiger partial charge in [-0.25, -0.2) is 9.29 Å². The second kappa shape index (κ2) is 7.54. The highest BCUT2D eigenvalue weighted by molar-refractivity contribution is 8.19. The van der Waals surface area contributed by atoms with E-state index in [0.29, 0.717) is 43.2 Å². The van der Waals surface area contributed by atoms with Gasteiger partial charge in [0, 0.05) is 13.1 Å². The first-order valence-corrected chi connectivity index (χ1v) is 9.40. The Balaban J connectivity index is 1.57. The van der Waals surface area contributed by atoms with Gasteiger partial charge in [0.25, 0.3) is 11.1 Å². The van der Waals surface area contributed by atoms with Gasteiger partial charge >= 0.3 is 0 Å². The van der Waals surface area contributed by atoms with Crippen molar-refractivity contribution < 1.29 is 18.7 Å². The molecule has 0 aliphatic carbocycles. The van der Waals surface area contributed by atoms with Crippen molar-refractivity contribution in [1.29, 1.82) is 0 Å². The predicted molar refractivity (Wildman–Crippen MR) is 104 cm³/mol. The van der Waals surface area contributed by atoms with E-state index in [1.807, 2.05) is 11.0 Å². The van der Waals surface area contributed by atoms with Crippen molar-refractivity contribution in [1.82, 2.24) is 0 Å². The molecular formula is C20H17FN2O3S. The molecule has 4 rings (SSSR count). The molecule has 0 atom stereocenters. The fourth-order valence-electron chi connectivity index (χ4n) is 3.09. The monoisotopic (exact) mass is 384 g/mol. The van der Waals surface area contributed by atoms with Gasteiger partial charge in [0.1, 0.15) is 5.82 Å². The molecule has 2 fully saturated rings. The van der Waals surface area contributed by atoms with Crippen molar-refractivity contribution in [2.45, 2.75) is 0 Å². The first-order chi connectivity index (χ1) is 13.1. The van der Waals surface area contributed by atoms with Gasteiger partial charge < -0.3 is 9.64 Å². The molecule has 2 aliphatic rings. The van der Waals surface area contributed by atoms with Crippen LogP contribution in [0.2, 0.25) is 0 Å². The lowest BCUT2D eigenvalue weighted by Gasteiger charge is -2.29. The molecule has 0 spiro atoms. The average Bonchev–Trinajstić information content (AvgIpc) is 2.96. The van der Waals surface area contributed by atoms with Crippen LogP contribution in [0.15, 0.2) is 53.4 Å². The third kappa shape index (κ3) is 3.61. The van der Waals surface area contributed by atoms with Crippen molar-refractivity contribution in [2.24, 2.45) is 0 Å². The molecule has 2 aromatic carbocycles. The molecule has 5 nitrogen and oxygen atoms in total. The molecule has 0 bridgehead atoms. The summed E-state index contributed by atoms with van der Waals surface area (Å²) in [4.78, 5) is 28.2. The molecule has 0 unspecified atom stereocenters. The molecule has 0 radical (unpaired) electrons. The minimum absolute atomic E-state index is 0.280. The second-order valence-electron chi connectivity index (χ2n) is 6.16. The van der Waals surface area contributed by atoms with Crippen LogP contribution in [-0.2, 0) is 9.53 Å². The number of para-hydroxylation sites is 1. The largest absolute Gasteiger partial charge is 0.378 e. The lowest BCUT2D eigenvalue weighted by atomic mass is 10.1. The first-order valence-electron chi connectivity index (χ1n) is 8.59. The van der Waals surface area contributed by atoms with Gasteiger partial charge in [-0.3, -0.25) is 9.59 Å². The smallest absolute Gasteiger partial charge is 0.298 e. The van der Waals surface area contributed by atoms with Crippen LogP contribution < -0.4 is 9.80 Å². The summed E-state index contributed by atoms with van der Waals surface area (Å²) in [5.74, 6) is -0.748. The van der Waals surface area contributed by atoms with E-state index in [1.54, 1.807) is 42.5 Å². The number of morpholine rings is 1. The number of ether oxygens (including phenoxy) is 1. The quantitative estimate of drug-likeness (QED) is 0.751. The van der Waals surface area contributed by atoms with E-state index in [4.69, 9.17) is 4.74 Å². The predicted octanol–water partition coefficient (Wildman–Crippen LogP) is 3.90. The molecule has 138 valence electrons. The number of hydrogen-bond acceptors (Lipinski definition) is 5. The van der Waals surface area contributed by atoms with Crippen LogP contribution >= 0.6 is 11.8 Å². The lowest BCUT2D eigenvalue weighted by molar-refractivity contribution is -0.113. The number of amides is 2. The van der Waals surface area contributed by atoms with Crippen LogP contribution in [0.5, 0.6) is 0 Å². The Hall–Kier alpha value is -2.64. The van der Waals surface area contributed by atoms with E-state index >= 15 is 0 Å². The lowest BCUT2D eigenvalue weighted by Crippen LogP contribution is -2.36. The third-order valence-corrected chi connectivity index (χ3v) is 5.30. The Labute approximate surface area is 160 Å². The fraction of sp³-hybridized carbons (Fsp3) is 0.200. The van der Waals surface area contributed by atoms with E-state index in [2.05, 4.69) is 0 Å². The topological polar surface area (TPSA) is 49.9 Å². The molecule has 2 saturated heterocycles. The number of carbonyl (C=O) groups excluding carboxylic acids is 2. The van der Waals surface area contributed by atoms with E-state index in [9.17, 15) is 14.0 Å². The van der Waals surface area contributed by atoms with Gasteiger partial charge in [-0.05, 0) is 47.7 Å². The van der Waals surface area contributed by atoms with Crippen LogP contribution in [0.4, 0.5) is 20.6 Å². The minimum atomic E-state index is -0.395. The van der Waals surface area contributed by atoms with Crippen LogP contribution in [0, 0.1) is 5.82 Å². The number of nitrogens with zero attached hydrogens (tertiary/aromatic N) is 2. The van der Waals surface area contributed by atoms with Gasteiger partial charge in [0.05, 0.1) is 29.5 Å². The summed E-state index contributed by atoms with van der Waals surface area (Å²) >= 11 is 0.859. The maximum atomic E-state index is 14.5. The molecule has 2 amide bonds. The molecule has 0 N–H and O–H groups in total. The van der Waals surface area contributed by atoms with Gasteiger partial charge in [-0.2, -0.15) is 0 Å². The van der Waals surface area contributed by atoms with E-state index in [-0.39, 0.29) is 16.0 Å². The zero-order valence-corrected chi connectivity index (χ0v) is 15.2. The number of carbonyl (C=O) groups is 2. The Kier molecular flexibility index (Phi) is 4.96. The standard InChI is InChI=1S/C20H17FN2O3S/c21-16-12-14(6-7-17(16)22-8-10-26-11-9-22)13-18-19(24)23(20(25)27-18)15-4-2-1-3-5-15/h1-7,12-13H,8-11H2/b18-13-. The minimum Gasteiger partial charge on any atom is -0.378 e. The van der Waals surface area contributed by atoms with Gasteiger partial charge in [0.2, 0.25) is 0 Å². The number of halogens is 1. The average molecular weight is 384 g/mol. The van der Waals surface area contributed by atoms with Gasteiger partial charge in [-0.15, -0.1) is 0 Å². The number of anilines is 2. The summed E-state index contributed by atoms with van der Waals surface area (Å²) in [7, 11) is 0. The zero-order valence-electron chi connectivity index (χ0n) is 14.4. The maximum absolute atomic E-state index is 14.5. The molecule has 0 aromatic heterocycles. The molecule has 27 heavy (non-hydrogen) atoms. The van der Waals surface area contributed by atoms with Crippen molar-refractivity contribution in [2.75, 3.05) is 36.1 Å². The summed E-state index contributed by atoms with van der Waals surface area (Å²) in [6.07, 6.45) is 1.56. The Morgan fingerprint density at radius 3 is 2.48 bits per heavy atom. The Morgan fingerprint density at radius 1 is 1.04 bits per heavy atom. The van der Waals surface area contributed by atoms with Crippen molar-refractivity contribution in [3.8, 4) is 0 Å². The molecule has 2 heterocycles. The Bertz CT molecular complexity index is 911. The highest BCUT2D eigenvalue weighted by Crippen LogP contribution is 2.36. The second-order valence-corrected chi connectivity index (χ2v) is 7.16. The zero-order chi connectivity index (χ0) is 18.8. The SMILES string of the molecule is O=C1S/C(=C\c2ccc(N3CCOCC3)c(F)c2)C(=O)N1c1ccccc1. The van der Waals surface area contributed by atoms with Gasteiger partial charge in [0.15, 0.2) is 0 Å². The summed E-state index contributed by atoms with van der Waals surface area (Å²) in [6, 6.07) is 13.6. The molecule has 0 saturated carbocycles. The van der Waals surface area contributed by atoms with Crippen LogP contribution in [0.3, 0.4) is 0 Å². The summed E-state index contributed by atoms with van der Waals surface area (Å²) in [6.45, 7) is 2.44. The number of thioether (sulfide) groups is 1. The maximum Gasteiger partial charge on any atom is 0.298 e. The molecular weight excluding hydrogens is 367 g/mol. The number of rotatable bonds is 3. The van der Waals surface area contributed by atoms with E-state index < -0.39 is 5.91 Å². The third-order valence-electron chi connectivity index (χ3n) is 4.43. The van der Waals surface area contributed by atoms with Crippen LogP contribution in [-0.4, -0.2) is 37.4 Å². The van der Waals surface area contributed by atoms with Gasteiger partial charge in [-0.1, -0.05) is 24.3 Å². The van der Waals surface area contributed by atoms with Crippen LogP contribution in [0.25, 0.3) is 6.08 Å². The molecule has 2 aliphatic heterocycles. The van der Waals surface area contributed by atoms with Crippen LogP contribution in [0.1, 0.15) is 5.56 Å². The Morgan fingerprint density at radius 2 is 1.78 bits per heavy atom. The summed E-state index contributed by atoms with van der Waals surface area (Å²) < 4.78 is 19.8. The highest BCUT2D eigenvalue weighted by Gasteiger charge is 2.36. The fourth-order valence-corrected chi connectivity index (χ4v) is 3.93. The normalized spacial score (nSPS) is 19.2. The summed E-state index contributed by atoms with van der Waals surface area (Å²) in [5.41, 5.74) is 1.59. The molecule has 2 aromatic rings. The number of imide groups is 1. The van der Waals surface area contributed by atoms with Crippen molar-refractivity contribution >= 4 is 40.4 Å². The van der Waals surface area contributed by atoms with E-state index in [0.717, 1.165) is 16.7 Å². The van der Waals surface area contributed by atoms with E-state index in [1.165, 1.54) is 6.07 Å². The van der Waals surface area contributed by atoms with Crippen molar-refractivity contribution in [3.63, 3.8) is 0 Å². The number of benzene rings is 2. The number of hydrogen-bond donors (Lipinski definition) is 0. The molecule has 7 heteroatoms. The summed E-state index contributed by atoms with van der Waals surface area (Å²) in [5, 5.41) is -0.358. The highest BCUT2D eigenvalue weighted by atomic mass is 32.2.